The van der Waals surface area contributed by atoms with Gasteiger partial charge in [-0.3, -0.25) is 9.59 Å². The zero-order chi connectivity index (χ0) is 15.9. The second kappa shape index (κ2) is 7.84. The molecule has 1 aromatic rings. The molecule has 1 amide bonds. The van der Waals surface area contributed by atoms with E-state index in [0.717, 1.165) is 25.0 Å². The normalized spacial score (nSPS) is 17.3. The van der Waals surface area contributed by atoms with Crippen molar-refractivity contribution < 1.29 is 27.8 Å². The van der Waals surface area contributed by atoms with Gasteiger partial charge in [0.15, 0.2) is 0 Å². The van der Waals surface area contributed by atoms with E-state index in [1.807, 2.05) is 0 Å². The minimum atomic E-state index is -0.946. The van der Waals surface area contributed by atoms with Crippen LogP contribution >= 0.6 is 0 Å². The zero-order valence-corrected chi connectivity index (χ0v) is 11.9. The van der Waals surface area contributed by atoms with Crippen LogP contribution in [0.5, 0.6) is 0 Å². The molecule has 1 aliphatic heterocycles. The van der Waals surface area contributed by atoms with Gasteiger partial charge in [-0.15, -0.1) is 0 Å². The molecule has 0 aliphatic carbocycles. The van der Waals surface area contributed by atoms with Crippen molar-refractivity contribution in [1.82, 2.24) is 5.32 Å². The van der Waals surface area contributed by atoms with Crippen molar-refractivity contribution in [2.45, 2.75) is 25.4 Å². The highest BCUT2D eigenvalue weighted by Gasteiger charge is 2.17. The lowest BCUT2D eigenvalue weighted by Gasteiger charge is -2.10. The summed E-state index contributed by atoms with van der Waals surface area (Å²) in [4.78, 5) is 23.2. The topological polar surface area (TPSA) is 64.6 Å². The van der Waals surface area contributed by atoms with Gasteiger partial charge < -0.3 is 14.8 Å². The second-order valence-corrected chi connectivity index (χ2v) is 4.95. The van der Waals surface area contributed by atoms with Crippen molar-refractivity contribution in [3.63, 3.8) is 0 Å². The van der Waals surface area contributed by atoms with Crippen LogP contribution in [0.4, 0.5) is 8.78 Å². The fourth-order valence-corrected chi connectivity index (χ4v) is 2.08. The van der Waals surface area contributed by atoms with Crippen LogP contribution in [0.15, 0.2) is 18.2 Å². The number of ether oxygens (including phenoxy) is 2. The number of hydrogen-bond acceptors (Lipinski definition) is 4. The third-order valence-electron chi connectivity index (χ3n) is 3.24. The van der Waals surface area contributed by atoms with Crippen LogP contribution in [0.2, 0.25) is 0 Å². The summed E-state index contributed by atoms with van der Waals surface area (Å²) >= 11 is 0. The summed E-state index contributed by atoms with van der Waals surface area (Å²) in [5, 5.41) is 2.38. The Morgan fingerprint density at radius 1 is 1.36 bits per heavy atom. The van der Waals surface area contributed by atoms with Gasteiger partial charge in [0.25, 0.3) is 5.91 Å². The van der Waals surface area contributed by atoms with E-state index >= 15 is 0 Å². The van der Waals surface area contributed by atoms with Crippen molar-refractivity contribution in [3.8, 4) is 0 Å². The molecule has 2 rings (SSSR count). The molecular weight excluding hydrogens is 296 g/mol. The summed E-state index contributed by atoms with van der Waals surface area (Å²) in [6.07, 6.45) is 1.75. The first kappa shape index (κ1) is 16.4. The summed E-state index contributed by atoms with van der Waals surface area (Å²) in [6.45, 7) is 0.904. The lowest BCUT2D eigenvalue weighted by atomic mass is 10.2. The number of hydrogen-bond donors (Lipinski definition) is 1. The van der Waals surface area contributed by atoms with E-state index < -0.39 is 23.5 Å². The Bertz CT molecular complexity index is 544. The maximum Gasteiger partial charge on any atom is 0.307 e. The molecule has 7 heteroatoms. The first-order chi connectivity index (χ1) is 10.6. The molecule has 5 nitrogen and oxygen atoms in total. The van der Waals surface area contributed by atoms with Gasteiger partial charge in [-0.05, 0) is 25.0 Å². The molecule has 1 unspecified atom stereocenters. The van der Waals surface area contributed by atoms with Gasteiger partial charge in [0.1, 0.15) is 18.2 Å². The van der Waals surface area contributed by atoms with Crippen LogP contribution in [0.3, 0.4) is 0 Å². The maximum atomic E-state index is 13.4. The van der Waals surface area contributed by atoms with Crippen molar-refractivity contribution in [2.75, 3.05) is 19.8 Å². The molecule has 1 aromatic carbocycles. The van der Waals surface area contributed by atoms with E-state index in [9.17, 15) is 18.4 Å². The average Bonchev–Trinajstić information content (AvgIpc) is 2.98. The van der Waals surface area contributed by atoms with Crippen LogP contribution < -0.4 is 5.32 Å². The zero-order valence-electron chi connectivity index (χ0n) is 11.9. The van der Waals surface area contributed by atoms with Crippen LogP contribution in [-0.4, -0.2) is 37.7 Å². The molecule has 1 fully saturated rings. The van der Waals surface area contributed by atoms with Crippen molar-refractivity contribution in [1.29, 1.82) is 0 Å². The summed E-state index contributed by atoms with van der Waals surface area (Å²) in [7, 11) is 0. The summed E-state index contributed by atoms with van der Waals surface area (Å²) in [5.41, 5.74) is -0.269. The minimum Gasteiger partial charge on any atom is -0.463 e. The standard InChI is InChI=1S/C15H17F2NO4/c16-10-3-4-12(13(17)8-10)15(20)18-6-5-14(19)22-9-11-2-1-7-21-11/h3-4,8,11H,1-2,5-7,9H2,(H,18,20). The fourth-order valence-electron chi connectivity index (χ4n) is 2.08. The highest BCUT2D eigenvalue weighted by atomic mass is 19.1. The first-order valence-corrected chi connectivity index (χ1v) is 7.07. The number of amides is 1. The molecule has 0 aromatic heterocycles. The summed E-state index contributed by atoms with van der Waals surface area (Å²) in [5.74, 6) is -2.87. The highest BCUT2D eigenvalue weighted by molar-refractivity contribution is 5.94. The van der Waals surface area contributed by atoms with Crippen LogP contribution in [-0.2, 0) is 14.3 Å². The molecule has 1 saturated heterocycles. The SMILES string of the molecule is O=C(CCNC(=O)c1ccc(F)cc1F)OCC1CCCO1. The van der Waals surface area contributed by atoms with Gasteiger partial charge in [0.05, 0.1) is 18.1 Å². The lowest BCUT2D eigenvalue weighted by molar-refractivity contribution is -0.146. The van der Waals surface area contributed by atoms with Gasteiger partial charge >= 0.3 is 5.97 Å². The Morgan fingerprint density at radius 3 is 2.86 bits per heavy atom. The highest BCUT2D eigenvalue weighted by Crippen LogP contribution is 2.12. The smallest absolute Gasteiger partial charge is 0.307 e. The Labute approximate surface area is 126 Å². The Kier molecular flexibility index (Phi) is 5.83. The molecule has 1 aliphatic rings. The molecule has 0 radical (unpaired) electrons. The third kappa shape index (κ3) is 4.77. The monoisotopic (exact) mass is 313 g/mol. The molecule has 0 spiro atoms. The Morgan fingerprint density at radius 2 is 2.18 bits per heavy atom. The predicted molar refractivity (Wildman–Crippen MR) is 73.2 cm³/mol. The lowest BCUT2D eigenvalue weighted by Crippen LogP contribution is -2.28. The fraction of sp³-hybridized carbons (Fsp3) is 0.467. The largest absolute Gasteiger partial charge is 0.463 e. The molecular formula is C15H17F2NO4. The van der Waals surface area contributed by atoms with E-state index in [4.69, 9.17) is 9.47 Å². The van der Waals surface area contributed by atoms with E-state index in [1.54, 1.807) is 0 Å². The second-order valence-electron chi connectivity index (χ2n) is 4.95. The first-order valence-electron chi connectivity index (χ1n) is 7.07. The molecule has 22 heavy (non-hydrogen) atoms. The van der Waals surface area contributed by atoms with Gasteiger partial charge in [-0.2, -0.15) is 0 Å². The molecule has 120 valence electrons. The number of nitrogens with one attached hydrogen (secondary N) is 1. The number of carbonyl (C=O) groups excluding carboxylic acids is 2. The molecule has 1 N–H and O–H groups in total. The average molecular weight is 313 g/mol. The minimum absolute atomic E-state index is 0.0139. The third-order valence-corrected chi connectivity index (χ3v) is 3.24. The Balaban J connectivity index is 1.68. The van der Waals surface area contributed by atoms with E-state index in [0.29, 0.717) is 12.7 Å². The van der Waals surface area contributed by atoms with Gasteiger partial charge in [-0.25, -0.2) is 8.78 Å². The molecule has 1 heterocycles. The molecule has 0 saturated carbocycles. The van der Waals surface area contributed by atoms with Crippen molar-refractivity contribution in [2.24, 2.45) is 0 Å². The number of benzene rings is 1. The quantitative estimate of drug-likeness (QED) is 0.814. The summed E-state index contributed by atoms with van der Waals surface area (Å²) < 4.78 is 36.4. The number of carbonyl (C=O) groups is 2. The number of esters is 1. The number of halogens is 2. The predicted octanol–water partition coefficient (Wildman–Crippen LogP) is 1.81. The van der Waals surface area contributed by atoms with E-state index in [-0.39, 0.29) is 31.2 Å². The number of rotatable bonds is 6. The van der Waals surface area contributed by atoms with Crippen molar-refractivity contribution in [3.05, 3.63) is 35.4 Å². The van der Waals surface area contributed by atoms with Crippen LogP contribution in [0, 0.1) is 11.6 Å². The van der Waals surface area contributed by atoms with Gasteiger partial charge in [0.2, 0.25) is 0 Å². The van der Waals surface area contributed by atoms with E-state index in [1.165, 1.54) is 0 Å². The van der Waals surface area contributed by atoms with E-state index in [2.05, 4.69) is 5.32 Å². The van der Waals surface area contributed by atoms with Crippen LogP contribution in [0.25, 0.3) is 0 Å². The van der Waals surface area contributed by atoms with Gasteiger partial charge in [0, 0.05) is 19.2 Å². The van der Waals surface area contributed by atoms with Crippen LogP contribution in [0.1, 0.15) is 29.6 Å². The Hall–Kier alpha value is -2.02. The molecule has 0 bridgehead atoms. The summed E-state index contributed by atoms with van der Waals surface area (Å²) in [6, 6.07) is 2.67. The maximum absolute atomic E-state index is 13.4. The molecule has 1 atom stereocenters. The van der Waals surface area contributed by atoms with Gasteiger partial charge in [-0.1, -0.05) is 0 Å². The van der Waals surface area contributed by atoms with Crippen molar-refractivity contribution >= 4 is 11.9 Å².